The minimum atomic E-state index is -1.82. The van der Waals surface area contributed by atoms with Gasteiger partial charge in [0.05, 0.1) is 5.70 Å². The highest BCUT2D eigenvalue weighted by Gasteiger charge is 2.46. The maximum absolute atomic E-state index is 13.5. The minimum Gasteiger partial charge on any atom is -0.480 e. The van der Waals surface area contributed by atoms with E-state index in [-0.39, 0.29) is 10.7 Å². The Morgan fingerprint density at radius 1 is 1.59 bits per heavy atom. The predicted molar refractivity (Wildman–Crippen MR) is 53.9 cm³/mol. The Kier molecular flexibility index (Phi) is 2.38. The monoisotopic (exact) mass is 241 g/mol. The van der Waals surface area contributed by atoms with Crippen molar-refractivity contribution in [3.05, 3.63) is 35.7 Å². The zero-order chi connectivity index (χ0) is 12.8. The summed E-state index contributed by atoms with van der Waals surface area (Å²) < 4.78 is 27.0. The second kappa shape index (κ2) is 3.51. The van der Waals surface area contributed by atoms with Crippen molar-refractivity contribution in [1.29, 1.82) is 0 Å². The number of carboxylic acids is 1. The van der Waals surface area contributed by atoms with Crippen LogP contribution in [0.1, 0.15) is 6.92 Å². The summed E-state index contributed by atoms with van der Waals surface area (Å²) in [5.41, 5.74) is -2.63. The number of allylic oxidation sites excluding steroid dienone is 2. The molecule has 4 nitrogen and oxygen atoms in total. The Labute approximate surface area is 95.5 Å². The van der Waals surface area contributed by atoms with E-state index in [2.05, 4.69) is 0 Å². The molecule has 1 N–H and O–H groups in total. The fourth-order valence-corrected chi connectivity index (χ4v) is 1.91. The highest BCUT2D eigenvalue weighted by atomic mass is 19.2. The Balaban J connectivity index is 2.65. The molecular weight excluding hydrogens is 232 g/mol. The van der Waals surface area contributed by atoms with Gasteiger partial charge in [-0.3, -0.25) is 9.59 Å². The van der Waals surface area contributed by atoms with Crippen molar-refractivity contribution in [2.45, 2.75) is 13.1 Å². The summed E-state index contributed by atoms with van der Waals surface area (Å²) in [7, 11) is 0. The van der Waals surface area contributed by atoms with Crippen LogP contribution in [0, 0.1) is 5.41 Å². The third-order valence-corrected chi connectivity index (χ3v) is 2.91. The Hall–Kier alpha value is -1.98. The molecule has 2 rings (SSSR count). The van der Waals surface area contributed by atoms with Gasteiger partial charge in [-0.25, -0.2) is 4.39 Å². The maximum atomic E-state index is 13.5. The van der Waals surface area contributed by atoms with Crippen molar-refractivity contribution >= 4 is 11.8 Å². The number of aliphatic carboxylic acids is 1. The average Bonchev–Trinajstić information content (AvgIpc) is 2.27. The second-order valence-electron chi connectivity index (χ2n) is 4.02. The lowest BCUT2D eigenvalue weighted by atomic mass is 9.75. The quantitative estimate of drug-likeness (QED) is 0.707. The van der Waals surface area contributed by atoms with Crippen LogP contribution in [0.3, 0.4) is 0 Å². The highest BCUT2D eigenvalue weighted by Crippen LogP contribution is 2.41. The molecule has 6 heteroatoms. The van der Waals surface area contributed by atoms with Gasteiger partial charge in [-0.05, 0) is 25.2 Å². The third-order valence-electron chi connectivity index (χ3n) is 2.91. The Morgan fingerprint density at radius 3 is 2.82 bits per heavy atom. The number of halogens is 2. The molecule has 1 heterocycles. The molecule has 0 bridgehead atoms. The van der Waals surface area contributed by atoms with Gasteiger partial charge in [-0.15, -0.1) is 0 Å². The van der Waals surface area contributed by atoms with E-state index in [0.717, 1.165) is 24.4 Å². The zero-order valence-electron chi connectivity index (χ0n) is 8.85. The van der Waals surface area contributed by atoms with E-state index in [1.807, 2.05) is 0 Å². The van der Waals surface area contributed by atoms with E-state index < -0.39 is 29.0 Å². The summed E-state index contributed by atoms with van der Waals surface area (Å²) in [6.45, 7) is 1.23. The number of carbonyl (C=O) groups is 2. The second-order valence-corrected chi connectivity index (χ2v) is 4.02. The fraction of sp³-hybridized carbons (Fsp3) is 0.273. The molecule has 0 aromatic heterocycles. The van der Waals surface area contributed by atoms with Crippen LogP contribution in [0.5, 0.6) is 0 Å². The normalized spacial score (nSPS) is 31.8. The van der Waals surface area contributed by atoms with E-state index >= 15 is 0 Å². The summed E-state index contributed by atoms with van der Waals surface area (Å²) >= 11 is 0. The van der Waals surface area contributed by atoms with Crippen LogP contribution in [-0.2, 0) is 9.59 Å². The lowest BCUT2D eigenvalue weighted by Gasteiger charge is -2.33. The molecule has 1 aliphatic heterocycles. The van der Waals surface area contributed by atoms with Crippen molar-refractivity contribution < 1.29 is 23.6 Å². The average molecular weight is 241 g/mol. The number of alkyl halides is 1. The molecule has 0 aromatic rings. The van der Waals surface area contributed by atoms with Crippen molar-refractivity contribution in [3.63, 3.8) is 0 Å². The highest BCUT2D eigenvalue weighted by molar-refractivity contribution is 6.11. The molecule has 2 aliphatic rings. The number of carboxylic acid groups (broad SMARTS) is 1. The van der Waals surface area contributed by atoms with E-state index in [9.17, 15) is 18.5 Å². The van der Waals surface area contributed by atoms with Crippen LogP contribution < -0.4 is 0 Å². The first kappa shape index (κ1) is 11.5. The molecule has 90 valence electrons. The standard InChI is InChI=1S/C11H9F2NO3/c1-11(10(16)17)4-5-14(13)9-6(12)2-3-7(15)8(9)11/h2-6H,1H3,(H,16,17). The van der Waals surface area contributed by atoms with Crippen LogP contribution in [0.2, 0.25) is 0 Å². The molecular formula is C11H9F2NO3. The van der Waals surface area contributed by atoms with Gasteiger partial charge in [0.2, 0.25) is 0 Å². The van der Waals surface area contributed by atoms with Crippen LogP contribution in [-0.4, -0.2) is 28.2 Å². The predicted octanol–water partition coefficient (Wildman–Crippen LogP) is 1.52. The molecule has 2 unspecified atom stereocenters. The molecule has 0 saturated carbocycles. The maximum Gasteiger partial charge on any atom is 0.318 e. The van der Waals surface area contributed by atoms with Gasteiger partial charge in [-0.1, -0.05) is 4.48 Å². The lowest BCUT2D eigenvalue weighted by molar-refractivity contribution is -0.144. The summed E-state index contributed by atoms with van der Waals surface area (Å²) in [5, 5.41) is 9.05. The number of rotatable bonds is 1. The molecule has 0 saturated heterocycles. The van der Waals surface area contributed by atoms with Crippen LogP contribution in [0.4, 0.5) is 8.87 Å². The largest absolute Gasteiger partial charge is 0.480 e. The summed E-state index contributed by atoms with van der Waals surface area (Å²) in [4.78, 5) is 22.8. The van der Waals surface area contributed by atoms with E-state index in [0.29, 0.717) is 0 Å². The number of carbonyl (C=O) groups excluding carboxylic acids is 1. The van der Waals surface area contributed by atoms with Crippen LogP contribution in [0.15, 0.2) is 35.7 Å². The van der Waals surface area contributed by atoms with E-state index in [1.165, 1.54) is 6.92 Å². The van der Waals surface area contributed by atoms with Gasteiger partial charge in [0.15, 0.2) is 12.0 Å². The topological polar surface area (TPSA) is 57.6 Å². The first-order valence-corrected chi connectivity index (χ1v) is 4.87. The van der Waals surface area contributed by atoms with Crippen molar-refractivity contribution in [1.82, 2.24) is 5.12 Å². The Bertz CT molecular complexity index is 489. The van der Waals surface area contributed by atoms with Crippen LogP contribution in [0.25, 0.3) is 0 Å². The molecule has 0 aromatic carbocycles. The zero-order valence-corrected chi connectivity index (χ0v) is 8.85. The smallest absolute Gasteiger partial charge is 0.318 e. The first-order valence-electron chi connectivity index (χ1n) is 4.87. The summed E-state index contributed by atoms with van der Waals surface area (Å²) in [6, 6.07) is 0. The number of hydrogen-bond acceptors (Lipinski definition) is 3. The number of ketones is 1. The Morgan fingerprint density at radius 2 is 2.24 bits per heavy atom. The van der Waals surface area contributed by atoms with Gasteiger partial charge in [-0.2, -0.15) is 5.12 Å². The number of hydrogen-bond donors (Lipinski definition) is 1. The van der Waals surface area contributed by atoms with Gasteiger partial charge in [0.1, 0.15) is 5.41 Å². The van der Waals surface area contributed by atoms with Gasteiger partial charge < -0.3 is 5.11 Å². The SMILES string of the molecule is CC1(C(=O)O)C=CN(F)C2=C1C(=O)C=CC2F. The fourth-order valence-electron chi connectivity index (χ4n) is 1.91. The van der Waals surface area contributed by atoms with Crippen molar-refractivity contribution in [2.75, 3.05) is 0 Å². The van der Waals surface area contributed by atoms with Crippen molar-refractivity contribution in [3.8, 4) is 0 Å². The molecule has 2 atom stereocenters. The van der Waals surface area contributed by atoms with Crippen LogP contribution >= 0.6 is 0 Å². The summed E-state index contributed by atoms with van der Waals surface area (Å²) in [6.07, 6.45) is 1.84. The van der Waals surface area contributed by atoms with Crippen molar-refractivity contribution in [2.24, 2.45) is 5.41 Å². The summed E-state index contributed by atoms with van der Waals surface area (Å²) in [5.74, 6) is -2.02. The molecule has 1 aliphatic carbocycles. The minimum absolute atomic E-state index is 0.0495. The van der Waals surface area contributed by atoms with Gasteiger partial charge >= 0.3 is 5.97 Å². The third kappa shape index (κ3) is 1.48. The molecule has 0 fully saturated rings. The molecule has 0 radical (unpaired) electrons. The van der Waals surface area contributed by atoms with Gasteiger partial charge in [0, 0.05) is 11.8 Å². The lowest BCUT2D eigenvalue weighted by Crippen LogP contribution is -2.40. The van der Waals surface area contributed by atoms with Gasteiger partial charge in [0.25, 0.3) is 0 Å². The van der Waals surface area contributed by atoms with E-state index in [1.54, 1.807) is 0 Å². The first-order chi connectivity index (χ1) is 7.88. The number of nitrogens with zero attached hydrogens (tertiary/aromatic N) is 1. The molecule has 0 spiro atoms. The molecule has 0 amide bonds. The van der Waals surface area contributed by atoms with E-state index in [4.69, 9.17) is 5.11 Å². The molecule has 17 heavy (non-hydrogen) atoms.